The number of aromatic nitrogens is 1. The van der Waals surface area contributed by atoms with Crippen molar-refractivity contribution in [1.82, 2.24) is 10.3 Å². The van der Waals surface area contributed by atoms with E-state index in [0.717, 1.165) is 11.4 Å². The summed E-state index contributed by atoms with van der Waals surface area (Å²) in [4.78, 5) is 30.3. The van der Waals surface area contributed by atoms with Gasteiger partial charge in [0.05, 0.1) is 5.56 Å². The number of nitrogens with zero attached hydrogens (tertiary/aromatic N) is 2. The lowest BCUT2D eigenvalue weighted by Crippen LogP contribution is -2.53. The maximum Gasteiger partial charge on any atom is 0.348 e. The number of carboxylic acids is 1. The van der Waals surface area contributed by atoms with Crippen molar-refractivity contribution in [2.75, 3.05) is 24.5 Å². The van der Waals surface area contributed by atoms with Crippen LogP contribution in [0.5, 0.6) is 5.75 Å². The van der Waals surface area contributed by atoms with Crippen molar-refractivity contribution in [2.24, 2.45) is 0 Å². The van der Waals surface area contributed by atoms with E-state index in [1.165, 1.54) is 0 Å². The Morgan fingerprint density at radius 2 is 1.93 bits per heavy atom. The van der Waals surface area contributed by atoms with Crippen LogP contribution in [0.25, 0.3) is 0 Å². The molecule has 3 rings (SSSR count). The van der Waals surface area contributed by atoms with Crippen molar-refractivity contribution in [3.05, 3.63) is 53.7 Å². The van der Waals surface area contributed by atoms with Crippen LogP contribution >= 0.6 is 0 Å². The third-order valence-electron chi connectivity index (χ3n) is 5.03. The van der Waals surface area contributed by atoms with Gasteiger partial charge in [-0.15, -0.1) is 0 Å². The van der Waals surface area contributed by atoms with E-state index in [2.05, 4.69) is 10.3 Å². The molecule has 2 N–H and O–H groups in total. The molecule has 148 valence electrons. The molecular weight excluding hydrogens is 358 g/mol. The van der Waals surface area contributed by atoms with Gasteiger partial charge in [0.2, 0.25) is 5.60 Å². The Morgan fingerprint density at radius 3 is 2.50 bits per heavy atom. The molecule has 7 nitrogen and oxygen atoms in total. The van der Waals surface area contributed by atoms with Crippen LogP contribution in [0.15, 0.2) is 42.6 Å². The van der Waals surface area contributed by atoms with Gasteiger partial charge in [0.1, 0.15) is 11.6 Å². The molecule has 0 spiro atoms. The smallest absolute Gasteiger partial charge is 0.348 e. The molecule has 0 radical (unpaired) electrons. The molecule has 28 heavy (non-hydrogen) atoms. The van der Waals surface area contributed by atoms with Crippen molar-refractivity contribution in [3.8, 4) is 5.75 Å². The molecule has 2 heterocycles. The Labute approximate surface area is 164 Å². The summed E-state index contributed by atoms with van der Waals surface area (Å²) in [7, 11) is 0. The quantitative estimate of drug-likeness (QED) is 0.797. The highest BCUT2D eigenvalue weighted by Crippen LogP contribution is 2.32. The number of anilines is 1. The Hall–Kier alpha value is -3.09. The second-order valence-corrected chi connectivity index (χ2v) is 6.92. The predicted molar refractivity (Wildman–Crippen MR) is 106 cm³/mol. The second-order valence-electron chi connectivity index (χ2n) is 6.92. The number of aliphatic carboxylic acids is 1. The monoisotopic (exact) mass is 383 g/mol. The van der Waals surface area contributed by atoms with Crippen molar-refractivity contribution in [2.45, 2.75) is 32.3 Å². The summed E-state index contributed by atoms with van der Waals surface area (Å²) in [6, 6.07) is 11.0. The number of para-hydroxylation sites is 1. The fourth-order valence-electron chi connectivity index (χ4n) is 3.31. The van der Waals surface area contributed by atoms with Gasteiger partial charge in [-0.25, -0.2) is 9.78 Å². The van der Waals surface area contributed by atoms with Gasteiger partial charge in [0.15, 0.2) is 0 Å². The number of rotatable bonds is 6. The molecule has 7 heteroatoms. The lowest BCUT2D eigenvalue weighted by molar-refractivity contribution is -0.157. The molecule has 0 saturated carbocycles. The first-order valence-corrected chi connectivity index (χ1v) is 9.42. The van der Waals surface area contributed by atoms with Crippen LogP contribution in [0, 0.1) is 6.92 Å². The number of carbonyl (C=O) groups is 2. The number of hydrogen-bond acceptors (Lipinski definition) is 5. The lowest BCUT2D eigenvalue weighted by atomic mass is 9.91. The number of hydrogen-bond donors (Lipinski definition) is 2. The summed E-state index contributed by atoms with van der Waals surface area (Å²) in [5.74, 6) is 0.220. The number of amides is 1. The molecule has 0 bridgehead atoms. The Morgan fingerprint density at radius 1 is 1.21 bits per heavy atom. The number of carbonyl (C=O) groups excluding carboxylic acids is 1. The van der Waals surface area contributed by atoms with E-state index in [-0.39, 0.29) is 5.91 Å². The van der Waals surface area contributed by atoms with Gasteiger partial charge in [-0.1, -0.05) is 18.2 Å². The molecule has 2 aromatic rings. The van der Waals surface area contributed by atoms with E-state index in [4.69, 9.17) is 4.74 Å². The van der Waals surface area contributed by atoms with Gasteiger partial charge in [-0.05, 0) is 37.6 Å². The fraction of sp³-hybridized carbons (Fsp3) is 0.381. The van der Waals surface area contributed by atoms with E-state index in [9.17, 15) is 14.7 Å². The van der Waals surface area contributed by atoms with Gasteiger partial charge in [0.25, 0.3) is 5.91 Å². The van der Waals surface area contributed by atoms with Crippen LogP contribution in [-0.4, -0.2) is 47.2 Å². The number of nitrogens with one attached hydrogen (secondary N) is 1. The fourth-order valence-corrected chi connectivity index (χ4v) is 3.31. The standard InChI is InChI=1S/C21H25N3O4/c1-3-22-19(25)16-8-9-18(23-14-16)24-12-10-21(11-13-24,20(26)27)28-17-7-5-4-6-15(17)2/h4-9,14H,3,10-13H2,1-2H3,(H,22,25)(H,26,27). The van der Waals surface area contributed by atoms with Crippen molar-refractivity contribution >= 4 is 17.7 Å². The number of ether oxygens (including phenoxy) is 1. The third-order valence-corrected chi connectivity index (χ3v) is 5.03. The van der Waals surface area contributed by atoms with E-state index >= 15 is 0 Å². The minimum absolute atomic E-state index is 0.156. The minimum Gasteiger partial charge on any atom is -0.478 e. The molecule has 1 fully saturated rings. The van der Waals surface area contributed by atoms with Crippen LogP contribution in [0.2, 0.25) is 0 Å². The van der Waals surface area contributed by atoms with Crippen LogP contribution in [-0.2, 0) is 4.79 Å². The molecular formula is C21H25N3O4. The van der Waals surface area contributed by atoms with E-state index in [0.29, 0.717) is 43.8 Å². The molecule has 0 aliphatic carbocycles. The first-order chi connectivity index (χ1) is 13.4. The zero-order chi connectivity index (χ0) is 20.1. The minimum atomic E-state index is -1.25. The molecule has 1 aliphatic rings. The van der Waals surface area contributed by atoms with Gasteiger partial charge < -0.3 is 20.1 Å². The predicted octanol–water partition coefficient (Wildman–Crippen LogP) is 2.64. The average molecular weight is 383 g/mol. The molecule has 1 aromatic heterocycles. The zero-order valence-electron chi connectivity index (χ0n) is 16.1. The summed E-state index contributed by atoms with van der Waals surface area (Å²) in [5, 5.41) is 12.6. The van der Waals surface area contributed by atoms with Crippen LogP contribution in [0.1, 0.15) is 35.7 Å². The maximum absolute atomic E-state index is 12.0. The van der Waals surface area contributed by atoms with Crippen LogP contribution in [0.3, 0.4) is 0 Å². The van der Waals surface area contributed by atoms with Gasteiger partial charge >= 0.3 is 5.97 Å². The summed E-state index contributed by atoms with van der Waals surface area (Å²) in [5.41, 5.74) is 0.169. The van der Waals surface area contributed by atoms with E-state index in [1.54, 1.807) is 24.4 Å². The molecule has 1 amide bonds. The summed E-state index contributed by atoms with van der Waals surface area (Å²) in [6.45, 7) is 5.34. The number of benzene rings is 1. The largest absolute Gasteiger partial charge is 0.478 e. The molecule has 1 aliphatic heterocycles. The first kappa shape index (κ1) is 19.7. The van der Waals surface area contributed by atoms with Gasteiger partial charge in [-0.2, -0.15) is 0 Å². The number of pyridine rings is 1. The summed E-state index contributed by atoms with van der Waals surface area (Å²) >= 11 is 0. The zero-order valence-corrected chi connectivity index (χ0v) is 16.1. The van der Waals surface area contributed by atoms with Gasteiger partial charge in [0, 0.05) is 38.7 Å². The molecule has 0 unspecified atom stereocenters. The Kier molecular flexibility index (Phi) is 5.82. The highest BCUT2D eigenvalue weighted by molar-refractivity contribution is 5.94. The van der Waals surface area contributed by atoms with Crippen molar-refractivity contribution < 1.29 is 19.4 Å². The summed E-state index contributed by atoms with van der Waals surface area (Å²) < 4.78 is 6.00. The maximum atomic E-state index is 12.0. The van der Waals surface area contributed by atoms with Gasteiger partial charge in [-0.3, -0.25) is 4.79 Å². The first-order valence-electron chi connectivity index (χ1n) is 9.42. The molecule has 0 atom stereocenters. The Balaban J connectivity index is 1.70. The van der Waals surface area contributed by atoms with E-state index in [1.807, 2.05) is 36.9 Å². The molecule has 1 aromatic carbocycles. The number of carboxylic acid groups (broad SMARTS) is 1. The third kappa shape index (κ3) is 4.08. The normalized spacial score (nSPS) is 15.7. The highest BCUT2D eigenvalue weighted by Gasteiger charge is 2.44. The Bertz CT molecular complexity index is 843. The molecule has 1 saturated heterocycles. The number of piperidine rings is 1. The van der Waals surface area contributed by atoms with Crippen molar-refractivity contribution in [3.63, 3.8) is 0 Å². The topological polar surface area (TPSA) is 91.8 Å². The SMILES string of the molecule is CCNC(=O)c1ccc(N2CCC(Oc3ccccc3C)(C(=O)O)CC2)nc1. The summed E-state index contributed by atoms with van der Waals surface area (Å²) in [6.07, 6.45) is 2.23. The average Bonchev–Trinajstić information content (AvgIpc) is 2.70. The van der Waals surface area contributed by atoms with Crippen LogP contribution in [0.4, 0.5) is 5.82 Å². The lowest BCUT2D eigenvalue weighted by Gasteiger charge is -2.39. The van der Waals surface area contributed by atoms with Crippen molar-refractivity contribution in [1.29, 1.82) is 0 Å². The number of aryl methyl sites for hydroxylation is 1. The van der Waals surface area contributed by atoms with Crippen LogP contribution < -0.4 is 15.0 Å². The van der Waals surface area contributed by atoms with E-state index < -0.39 is 11.6 Å². The second kappa shape index (κ2) is 8.29. The highest BCUT2D eigenvalue weighted by atomic mass is 16.5.